The number of hydrogen-bond donors (Lipinski definition) is 2. The van der Waals surface area contributed by atoms with Crippen LogP contribution in [-0.4, -0.2) is 43.2 Å². The average molecular weight is 410 g/mol. The summed E-state index contributed by atoms with van der Waals surface area (Å²) in [5, 5.41) is 7.66. The highest BCUT2D eigenvalue weighted by Crippen LogP contribution is 2.31. The zero-order valence-electron chi connectivity index (χ0n) is 16.0. The van der Waals surface area contributed by atoms with Gasteiger partial charge in [0.15, 0.2) is 5.96 Å². The molecule has 2 heterocycles. The molecule has 6 nitrogen and oxygen atoms in total. The lowest BCUT2D eigenvalue weighted by molar-refractivity contribution is -0.0495. The molecule has 9 heteroatoms. The number of guanidine groups is 1. The Bertz CT molecular complexity index is 798. The fourth-order valence-corrected chi connectivity index (χ4v) is 3.86. The van der Waals surface area contributed by atoms with Gasteiger partial charge >= 0.3 is 6.61 Å². The number of anilines is 1. The number of aromatic nitrogens is 1. The molecule has 0 amide bonds. The Morgan fingerprint density at radius 3 is 2.96 bits per heavy atom. The van der Waals surface area contributed by atoms with Crippen molar-refractivity contribution in [3.63, 3.8) is 0 Å². The van der Waals surface area contributed by atoms with Crippen molar-refractivity contribution in [1.82, 2.24) is 15.6 Å². The molecule has 1 saturated heterocycles. The van der Waals surface area contributed by atoms with E-state index < -0.39 is 6.61 Å². The van der Waals surface area contributed by atoms with Gasteiger partial charge in [-0.1, -0.05) is 12.1 Å². The number of ether oxygens (including phenoxy) is 1. The van der Waals surface area contributed by atoms with E-state index in [0.29, 0.717) is 18.8 Å². The monoisotopic (exact) mass is 409 g/mol. The topological polar surface area (TPSA) is 61.8 Å². The smallest absolute Gasteiger partial charge is 0.387 e. The van der Waals surface area contributed by atoms with Crippen molar-refractivity contribution in [2.45, 2.75) is 39.5 Å². The molecule has 0 radical (unpaired) electrons. The molecule has 152 valence electrons. The third kappa shape index (κ3) is 5.54. The number of rotatable bonds is 7. The maximum absolute atomic E-state index is 12.7. The van der Waals surface area contributed by atoms with Gasteiger partial charge in [0.2, 0.25) is 0 Å². The van der Waals surface area contributed by atoms with E-state index in [1.807, 2.05) is 32.2 Å². The van der Waals surface area contributed by atoms with Gasteiger partial charge in [0, 0.05) is 36.8 Å². The molecular weight excluding hydrogens is 384 g/mol. The van der Waals surface area contributed by atoms with E-state index in [-0.39, 0.29) is 11.8 Å². The van der Waals surface area contributed by atoms with Crippen LogP contribution in [-0.2, 0) is 6.54 Å². The molecule has 1 aromatic heterocycles. The first-order valence-electron chi connectivity index (χ1n) is 9.30. The number of para-hydroxylation sites is 2. The summed E-state index contributed by atoms with van der Waals surface area (Å²) in [4.78, 5) is 12.2. The summed E-state index contributed by atoms with van der Waals surface area (Å²) in [6.45, 7) is 3.93. The zero-order chi connectivity index (χ0) is 19.9. The van der Waals surface area contributed by atoms with Crippen LogP contribution in [0.3, 0.4) is 0 Å². The molecule has 2 N–H and O–H groups in total. The van der Waals surface area contributed by atoms with Crippen LogP contribution in [0, 0.1) is 6.92 Å². The third-order valence-electron chi connectivity index (χ3n) is 4.34. The number of aryl methyl sites for hydroxylation is 1. The van der Waals surface area contributed by atoms with Crippen molar-refractivity contribution in [2.24, 2.45) is 4.99 Å². The minimum absolute atomic E-state index is 0.162. The normalized spacial score (nSPS) is 17.2. The Morgan fingerprint density at radius 1 is 1.43 bits per heavy atom. The molecule has 0 aliphatic carbocycles. The van der Waals surface area contributed by atoms with Crippen LogP contribution in [0.25, 0.3) is 0 Å². The highest BCUT2D eigenvalue weighted by atomic mass is 32.1. The molecule has 1 aromatic carbocycles. The van der Waals surface area contributed by atoms with Crippen LogP contribution < -0.4 is 20.3 Å². The average Bonchev–Trinajstić information content (AvgIpc) is 3.29. The van der Waals surface area contributed by atoms with Gasteiger partial charge in [-0.3, -0.25) is 0 Å². The van der Waals surface area contributed by atoms with Gasteiger partial charge < -0.3 is 20.3 Å². The first-order chi connectivity index (χ1) is 13.5. The fourth-order valence-electron chi connectivity index (χ4n) is 3.15. The van der Waals surface area contributed by atoms with Crippen molar-refractivity contribution in [3.05, 3.63) is 40.3 Å². The van der Waals surface area contributed by atoms with Crippen molar-refractivity contribution < 1.29 is 13.5 Å². The molecule has 0 saturated carbocycles. The summed E-state index contributed by atoms with van der Waals surface area (Å²) >= 11 is 1.64. The number of benzene rings is 1. The second kappa shape index (κ2) is 9.68. The first kappa shape index (κ1) is 20.3. The van der Waals surface area contributed by atoms with Gasteiger partial charge in [0.05, 0.1) is 12.2 Å². The van der Waals surface area contributed by atoms with E-state index in [0.717, 1.165) is 30.5 Å². The first-order valence-corrected chi connectivity index (χ1v) is 10.1. The quantitative estimate of drug-likeness (QED) is 0.542. The molecule has 3 rings (SSSR count). The minimum atomic E-state index is -2.83. The van der Waals surface area contributed by atoms with Crippen LogP contribution in [0.1, 0.15) is 23.2 Å². The lowest BCUT2D eigenvalue weighted by Gasteiger charge is -2.22. The molecule has 1 aliphatic heterocycles. The maximum atomic E-state index is 12.7. The largest absolute Gasteiger partial charge is 0.433 e. The molecule has 28 heavy (non-hydrogen) atoms. The van der Waals surface area contributed by atoms with Crippen LogP contribution in [0.4, 0.5) is 14.5 Å². The number of nitrogens with zero attached hydrogens (tertiary/aromatic N) is 3. The summed E-state index contributed by atoms with van der Waals surface area (Å²) in [7, 11) is 0. The Hall–Kier alpha value is -2.42. The molecular formula is C19H25F2N5OS. The summed E-state index contributed by atoms with van der Waals surface area (Å²) in [5.41, 5.74) is 0.687. The number of aliphatic imine (C=N–C) groups is 1. The molecule has 1 aliphatic rings. The second-order valence-corrected chi connectivity index (χ2v) is 7.80. The summed E-state index contributed by atoms with van der Waals surface area (Å²) < 4.78 is 30.0. The van der Waals surface area contributed by atoms with E-state index in [1.165, 1.54) is 4.88 Å². The van der Waals surface area contributed by atoms with Gasteiger partial charge in [-0.05, 0) is 32.4 Å². The Morgan fingerprint density at radius 2 is 2.25 bits per heavy atom. The van der Waals surface area contributed by atoms with Gasteiger partial charge in [0.1, 0.15) is 10.8 Å². The van der Waals surface area contributed by atoms with E-state index in [1.54, 1.807) is 23.5 Å². The van der Waals surface area contributed by atoms with E-state index in [2.05, 4.69) is 30.2 Å². The Labute approximate surface area is 167 Å². The van der Waals surface area contributed by atoms with Gasteiger partial charge in [0.25, 0.3) is 0 Å². The lowest BCUT2D eigenvalue weighted by atomic mass is 10.2. The fraction of sp³-hybridized carbons (Fsp3) is 0.474. The van der Waals surface area contributed by atoms with E-state index in [9.17, 15) is 8.78 Å². The predicted molar refractivity (Wildman–Crippen MR) is 108 cm³/mol. The summed E-state index contributed by atoms with van der Waals surface area (Å²) in [6, 6.07) is 7.07. The van der Waals surface area contributed by atoms with Crippen molar-refractivity contribution in [2.75, 3.05) is 24.5 Å². The standard InChI is InChI=1S/C19H25F2N5OS/c1-3-22-19(24-11-17-23-10-13(2)28-17)25-14-8-9-26(12-14)15-6-4-5-7-16(15)27-18(20)21/h4-7,10,14,18H,3,8-9,11-12H2,1-2H3,(H2,22,24,25). The van der Waals surface area contributed by atoms with Gasteiger partial charge in [-0.25, -0.2) is 9.98 Å². The van der Waals surface area contributed by atoms with Gasteiger partial charge in [-0.15, -0.1) is 11.3 Å². The molecule has 1 fully saturated rings. The molecule has 0 spiro atoms. The highest BCUT2D eigenvalue weighted by Gasteiger charge is 2.26. The Kier molecular flexibility index (Phi) is 7.02. The minimum Gasteiger partial charge on any atom is -0.433 e. The molecule has 0 bridgehead atoms. The highest BCUT2D eigenvalue weighted by molar-refractivity contribution is 7.11. The predicted octanol–water partition coefficient (Wildman–Crippen LogP) is 3.39. The van der Waals surface area contributed by atoms with Crippen LogP contribution in [0.15, 0.2) is 35.5 Å². The Balaban J connectivity index is 1.62. The van der Waals surface area contributed by atoms with Crippen LogP contribution in [0.5, 0.6) is 5.75 Å². The summed E-state index contributed by atoms with van der Waals surface area (Å²) in [5.74, 6) is 0.942. The second-order valence-electron chi connectivity index (χ2n) is 6.48. The van der Waals surface area contributed by atoms with Crippen molar-refractivity contribution in [1.29, 1.82) is 0 Å². The lowest BCUT2D eigenvalue weighted by Crippen LogP contribution is -2.44. The van der Waals surface area contributed by atoms with Crippen molar-refractivity contribution >= 4 is 23.0 Å². The number of alkyl halides is 2. The van der Waals surface area contributed by atoms with Crippen LogP contribution >= 0.6 is 11.3 Å². The van der Waals surface area contributed by atoms with Gasteiger partial charge in [-0.2, -0.15) is 8.78 Å². The summed E-state index contributed by atoms with van der Waals surface area (Å²) in [6.07, 6.45) is 2.73. The number of halogens is 2. The van der Waals surface area contributed by atoms with Crippen LogP contribution in [0.2, 0.25) is 0 Å². The van der Waals surface area contributed by atoms with Crippen molar-refractivity contribution in [3.8, 4) is 5.75 Å². The number of nitrogens with one attached hydrogen (secondary N) is 2. The van der Waals surface area contributed by atoms with E-state index >= 15 is 0 Å². The van der Waals surface area contributed by atoms with E-state index in [4.69, 9.17) is 0 Å². The third-order valence-corrected chi connectivity index (χ3v) is 5.23. The molecule has 2 aromatic rings. The SMILES string of the molecule is CCNC(=NCc1ncc(C)s1)NC1CCN(c2ccccc2OC(F)F)C1. The molecule has 1 unspecified atom stereocenters. The number of hydrogen-bond acceptors (Lipinski definition) is 5. The number of thiazole rings is 1. The molecule has 1 atom stereocenters. The maximum Gasteiger partial charge on any atom is 0.387 e. The zero-order valence-corrected chi connectivity index (χ0v) is 16.8.